The van der Waals surface area contributed by atoms with Crippen LogP contribution in [0.5, 0.6) is 0 Å². The molecule has 1 unspecified atom stereocenters. The molecule has 0 bridgehead atoms. The fraction of sp³-hybridized carbons (Fsp3) is 0.333. The number of nitrogens with one attached hydrogen (secondary N) is 1. The molecule has 104 valence electrons. The molecule has 1 heterocycles. The number of para-hydroxylation sites is 2. The molecule has 1 N–H and O–H groups in total. The van der Waals surface area contributed by atoms with Gasteiger partial charge in [-0.25, -0.2) is 0 Å². The Morgan fingerprint density at radius 2 is 1.75 bits per heavy atom. The Kier molecular flexibility index (Phi) is 3.75. The first-order valence-corrected chi connectivity index (χ1v) is 7.46. The number of fused-ring (bicyclic) bond motifs is 1. The molecule has 0 amide bonds. The molecule has 2 aromatic carbocycles. The van der Waals surface area contributed by atoms with Gasteiger partial charge in [-0.2, -0.15) is 0 Å². The van der Waals surface area contributed by atoms with Crippen molar-refractivity contribution in [3.8, 4) is 0 Å². The minimum absolute atomic E-state index is 0.416. The molecule has 0 radical (unpaired) electrons. The highest BCUT2D eigenvalue weighted by Crippen LogP contribution is 2.38. The Morgan fingerprint density at radius 1 is 1.05 bits per heavy atom. The fourth-order valence-corrected chi connectivity index (χ4v) is 3.20. The first-order valence-electron chi connectivity index (χ1n) is 7.46. The lowest BCUT2D eigenvalue weighted by Gasteiger charge is -2.26. The van der Waals surface area contributed by atoms with Crippen LogP contribution in [-0.4, -0.2) is 13.6 Å². The summed E-state index contributed by atoms with van der Waals surface area (Å²) in [6.45, 7) is 3.31. The molecule has 3 rings (SSSR count). The maximum atomic E-state index is 3.43. The zero-order valence-corrected chi connectivity index (χ0v) is 12.3. The van der Waals surface area contributed by atoms with Gasteiger partial charge >= 0.3 is 0 Å². The van der Waals surface area contributed by atoms with Gasteiger partial charge in [0, 0.05) is 24.0 Å². The Morgan fingerprint density at radius 3 is 2.50 bits per heavy atom. The highest BCUT2D eigenvalue weighted by molar-refractivity contribution is 5.72. The molecular formula is C18H22N2. The third kappa shape index (κ3) is 2.20. The van der Waals surface area contributed by atoms with E-state index in [0.717, 1.165) is 19.4 Å². The fourth-order valence-electron chi connectivity index (χ4n) is 3.20. The summed E-state index contributed by atoms with van der Waals surface area (Å²) < 4.78 is 0. The van der Waals surface area contributed by atoms with Gasteiger partial charge in [0.25, 0.3) is 0 Å². The zero-order valence-electron chi connectivity index (χ0n) is 12.3. The van der Waals surface area contributed by atoms with E-state index in [9.17, 15) is 0 Å². The van der Waals surface area contributed by atoms with Crippen molar-refractivity contribution in [3.05, 3.63) is 59.7 Å². The average Bonchev–Trinajstić information content (AvgIpc) is 2.93. The van der Waals surface area contributed by atoms with Crippen molar-refractivity contribution < 1.29 is 0 Å². The summed E-state index contributed by atoms with van der Waals surface area (Å²) in [4.78, 5) is 2.46. The van der Waals surface area contributed by atoms with Gasteiger partial charge in [-0.15, -0.1) is 0 Å². The first-order chi connectivity index (χ1) is 9.85. The van der Waals surface area contributed by atoms with Crippen LogP contribution in [-0.2, 0) is 6.42 Å². The van der Waals surface area contributed by atoms with Gasteiger partial charge in [0.2, 0.25) is 0 Å². The monoisotopic (exact) mass is 266 g/mol. The summed E-state index contributed by atoms with van der Waals surface area (Å²) in [5.41, 5.74) is 5.57. The number of rotatable bonds is 4. The van der Waals surface area contributed by atoms with Crippen LogP contribution in [0.3, 0.4) is 0 Å². The van der Waals surface area contributed by atoms with Crippen LogP contribution >= 0.6 is 0 Å². The van der Waals surface area contributed by atoms with E-state index in [0.29, 0.717) is 6.04 Å². The highest BCUT2D eigenvalue weighted by atomic mass is 15.2. The first kappa shape index (κ1) is 13.2. The maximum Gasteiger partial charge on any atom is 0.0459 e. The Balaban J connectivity index is 2.04. The van der Waals surface area contributed by atoms with Crippen LogP contribution in [0.2, 0.25) is 0 Å². The average molecular weight is 266 g/mol. The lowest BCUT2D eigenvalue weighted by molar-refractivity contribution is 0.577. The van der Waals surface area contributed by atoms with Crippen LogP contribution in [0.15, 0.2) is 48.5 Å². The molecular weight excluding hydrogens is 244 g/mol. The summed E-state index contributed by atoms with van der Waals surface area (Å²) in [6, 6.07) is 17.9. The second kappa shape index (κ2) is 5.68. The van der Waals surface area contributed by atoms with Crippen molar-refractivity contribution in [1.29, 1.82) is 0 Å². The van der Waals surface area contributed by atoms with Crippen LogP contribution in [0.25, 0.3) is 0 Å². The highest BCUT2D eigenvalue weighted by Gasteiger charge is 2.23. The molecule has 0 saturated carbocycles. The molecule has 1 aliphatic heterocycles. The molecule has 0 aliphatic carbocycles. The van der Waals surface area contributed by atoms with Gasteiger partial charge in [0.1, 0.15) is 0 Å². The van der Waals surface area contributed by atoms with Gasteiger partial charge in [-0.3, -0.25) is 0 Å². The molecule has 1 aliphatic rings. The number of hydrogen-bond donors (Lipinski definition) is 1. The van der Waals surface area contributed by atoms with Gasteiger partial charge < -0.3 is 10.2 Å². The van der Waals surface area contributed by atoms with Crippen molar-refractivity contribution >= 4 is 11.4 Å². The summed E-state index contributed by atoms with van der Waals surface area (Å²) in [7, 11) is 2.04. The van der Waals surface area contributed by atoms with Crippen LogP contribution < -0.4 is 10.2 Å². The third-order valence-corrected chi connectivity index (χ3v) is 4.25. The molecule has 2 aromatic rings. The molecule has 0 spiro atoms. The van der Waals surface area contributed by atoms with Crippen molar-refractivity contribution in [3.63, 3.8) is 0 Å². The van der Waals surface area contributed by atoms with Crippen molar-refractivity contribution in [2.24, 2.45) is 0 Å². The van der Waals surface area contributed by atoms with E-state index in [1.54, 1.807) is 0 Å². The molecule has 2 heteroatoms. The number of hydrogen-bond acceptors (Lipinski definition) is 2. The predicted molar refractivity (Wildman–Crippen MR) is 85.7 cm³/mol. The van der Waals surface area contributed by atoms with Crippen LogP contribution in [0.1, 0.15) is 30.5 Å². The quantitative estimate of drug-likeness (QED) is 0.898. The second-order valence-corrected chi connectivity index (χ2v) is 5.34. The van der Waals surface area contributed by atoms with Gasteiger partial charge in [0.15, 0.2) is 0 Å². The lowest BCUT2D eigenvalue weighted by atomic mass is 10.0. The smallest absolute Gasteiger partial charge is 0.0459 e. The standard InChI is InChI=1S/C18H22N2/c1-3-16(19-2)15-9-5-7-11-18(15)20-13-12-14-8-4-6-10-17(14)20/h4-11,16,19H,3,12-13H2,1-2H3. The molecule has 0 saturated heterocycles. The van der Waals surface area contributed by atoms with E-state index in [2.05, 4.69) is 65.7 Å². The van der Waals surface area contributed by atoms with E-state index in [1.807, 2.05) is 7.05 Å². The second-order valence-electron chi connectivity index (χ2n) is 5.34. The zero-order chi connectivity index (χ0) is 13.9. The predicted octanol–water partition coefficient (Wildman–Crippen LogP) is 4.05. The van der Waals surface area contributed by atoms with Gasteiger partial charge in [-0.05, 0) is 43.1 Å². The Bertz CT molecular complexity index is 587. The maximum absolute atomic E-state index is 3.43. The van der Waals surface area contributed by atoms with E-state index >= 15 is 0 Å². The number of benzene rings is 2. The molecule has 1 atom stereocenters. The topological polar surface area (TPSA) is 15.3 Å². The minimum atomic E-state index is 0.416. The lowest BCUT2D eigenvalue weighted by Crippen LogP contribution is -2.21. The Labute approximate surface area is 121 Å². The largest absolute Gasteiger partial charge is 0.341 e. The summed E-state index contributed by atoms with van der Waals surface area (Å²) in [5.74, 6) is 0. The van der Waals surface area contributed by atoms with Crippen LogP contribution in [0.4, 0.5) is 11.4 Å². The van der Waals surface area contributed by atoms with Gasteiger partial charge in [0.05, 0.1) is 0 Å². The molecule has 2 nitrogen and oxygen atoms in total. The van der Waals surface area contributed by atoms with Crippen molar-refractivity contribution in [1.82, 2.24) is 5.32 Å². The molecule has 0 aromatic heterocycles. The normalized spacial score (nSPS) is 15.2. The van der Waals surface area contributed by atoms with E-state index in [-0.39, 0.29) is 0 Å². The summed E-state index contributed by atoms with van der Waals surface area (Å²) >= 11 is 0. The Hall–Kier alpha value is -1.80. The van der Waals surface area contributed by atoms with Gasteiger partial charge in [-0.1, -0.05) is 43.3 Å². The third-order valence-electron chi connectivity index (χ3n) is 4.25. The van der Waals surface area contributed by atoms with Crippen LogP contribution in [0, 0.1) is 0 Å². The number of nitrogens with zero attached hydrogens (tertiary/aromatic N) is 1. The van der Waals surface area contributed by atoms with Crippen molar-refractivity contribution in [2.45, 2.75) is 25.8 Å². The number of anilines is 2. The minimum Gasteiger partial charge on any atom is -0.341 e. The summed E-state index contributed by atoms with van der Waals surface area (Å²) in [6.07, 6.45) is 2.24. The van der Waals surface area contributed by atoms with E-state index in [4.69, 9.17) is 0 Å². The van der Waals surface area contributed by atoms with E-state index in [1.165, 1.54) is 22.5 Å². The molecule has 20 heavy (non-hydrogen) atoms. The van der Waals surface area contributed by atoms with E-state index < -0.39 is 0 Å². The molecule has 0 fully saturated rings. The SMILES string of the molecule is CCC(NC)c1ccccc1N1CCc2ccccc21. The van der Waals surface area contributed by atoms with Crippen molar-refractivity contribution in [2.75, 3.05) is 18.5 Å². The summed E-state index contributed by atoms with van der Waals surface area (Å²) in [5, 5.41) is 3.43.